The second kappa shape index (κ2) is 23.6. The molecule has 0 amide bonds. The molecule has 19 heteroatoms. The molecule has 19 nitrogen and oxygen atoms in total. The molecule has 0 aromatic carbocycles. The number of nitrogens with zero attached hydrogens (tertiary/aromatic N) is 8. The smallest absolute Gasteiger partial charge is 0.311 e. The summed E-state index contributed by atoms with van der Waals surface area (Å²) in [5.74, 6) is -2.02. The van der Waals surface area contributed by atoms with Gasteiger partial charge in [0.15, 0.2) is 12.6 Å². The summed E-state index contributed by atoms with van der Waals surface area (Å²) in [5.41, 5.74) is -0.866. The van der Waals surface area contributed by atoms with E-state index in [2.05, 4.69) is 63.8 Å². The van der Waals surface area contributed by atoms with E-state index in [9.17, 15) is 20.1 Å². The minimum absolute atomic E-state index is 0.0148. The first kappa shape index (κ1) is 56.3. The fraction of sp³-hybridized carbons (Fsp3) is 0.792. The molecule has 0 unspecified atom stereocenters. The summed E-state index contributed by atoms with van der Waals surface area (Å²) in [4.78, 5) is 27.7. The first-order chi connectivity index (χ1) is 34.1. The zero-order valence-corrected chi connectivity index (χ0v) is 45.2. The Morgan fingerprint density at radius 1 is 0.986 bits per heavy atom. The van der Waals surface area contributed by atoms with E-state index in [1.807, 2.05) is 75.2 Å². The molecule has 18 atom stereocenters. The lowest BCUT2D eigenvalue weighted by Gasteiger charge is -2.56. The Morgan fingerprint density at radius 2 is 1.74 bits per heavy atom. The minimum Gasteiger partial charge on any atom is -0.459 e. The molecule has 72 heavy (non-hydrogen) atoms. The second-order valence-electron chi connectivity index (χ2n) is 22.4. The Labute approximate surface area is 427 Å². The van der Waals surface area contributed by atoms with E-state index in [1.54, 1.807) is 27.2 Å². The van der Waals surface area contributed by atoms with Gasteiger partial charge in [-0.3, -0.25) is 14.5 Å². The van der Waals surface area contributed by atoms with Crippen LogP contribution in [-0.2, 0) is 57.5 Å². The molecule has 0 saturated carbocycles. The second-order valence-corrected chi connectivity index (χ2v) is 22.4. The lowest BCUT2D eigenvalue weighted by molar-refractivity contribution is -0.378. The van der Waals surface area contributed by atoms with Crippen LogP contribution in [-0.4, -0.2) is 185 Å². The number of imidazole rings is 1. The van der Waals surface area contributed by atoms with E-state index in [-0.39, 0.29) is 30.9 Å². The van der Waals surface area contributed by atoms with Crippen molar-refractivity contribution in [3.63, 3.8) is 0 Å². The van der Waals surface area contributed by atoms with Gasteiger partial charge in [0.2, 0.25) is 0 Å². The molecule has 3 aromatic heterocycles. The summed E-state index contributed by atoms with van der Waals surface area (Å²) in [6.45, 7) is 21.8. The number of ether oxygens (including phenoxy) is 7. The number of rotatable bonds is 14. The van der Waals surface area contributed by atoms with Crippen molar-refractivity contribution < 1.29 is 53.3 Å². The predicted octanol–water partition coefficient (Wildman–Crippen LogP) is 4.89. The summed E-state index contributed by atoms with van der Waals surface area (Å²) < 4.78 is 50.7. The van der Waals surface area contributed by atoms with E-state index in [1.165, 1.54) is 6.92 Å². The van der Waals surface area contributed by atoms with Gasteiger partial charge in [0.05, 0.1) is 59.3 Å². The first-order valence-corrected chi connectivity index (χ1v) is 26.4. The highest BCUT2D eigenvalue weighted by molar-refractivity contribution is 5.73. The summed E-state index contributed by atoms with van der Waals surface area (Å²) in [5, 5.41) is 43.8. The lowest BCUT2D eigenvalue weighted by atomic mass is 9.76. The number of aliphatic hydroxyl groups is 3. The van der Waals surface area contributed by atoms with Crippen molar-refractivity contribution in [2.75, 3.05) is 34.3 Å². The number of esters is 1. The van der Waals surface area contributed by atoms with Gasteiger partial charge >= 0.3 is 5.97 Å². The van der Waals surface area contributed by atoms with Gasteiger partial charge in [-0.05, 0) is 113 Å². The van der Waals surface area contributed by atoms with Crippen LogP contribution in [0.15, 0.2) is 43.2 Å². The normalized spacial score (nSPS) is 39.7. The maximum atomic E-state index is 14.5. The Hall–Kier alpha value is -3.47. The third-order valence-corrected chi connectivity index (χ3v) is 16.4. The van der Waals surface area contributed by atoms with Crippen LogP contribution < -0.4 is 0 Å². The van der Waals surface area contributed by atoms with Crippen LogP contribution in [0.25, 0.3) is 11.3 Å². The Bertz CT molecular complexity index is 2180. The molecular formula is C53H86N8O11. The van der Waals surface area contributed by atoms with Crippen molar-refractivity contribution in [2.45, 2.75) is 218 Å². The zero-order valence-electron chi connectivity index (χ0n) is 45.2. The van der Waals surface area contributed by atoms with Crippen LogP contribution in [0.2, 0.25) is 0 Å². The number of cyclic esters (lactones) is 1. The number of aromatic nitrogens is 6. The number of hydrogen-bond donors (Lipinski definition) is 3. The number of fused-ring (bicyclic) bond motifs is 2. The number of methoxy groups -OCH3 is 1. The molecule has 4 fully saturated rings. The van der Waals surface area contributed by atoms with Gasteiger partial charge in [0.25, 0.3) is 0 Å². The highest BCUT2D eigenvalue weighted by atomic mass is 16.7. The molecule has 4 aliphatic rings. The number of likely N-dealkylation sites (N-methyl/N-ethyl adjacent to an activating group) is 2. The fourth-order valence-corrected chi connectivity index (χ4v) is 11.9. The molecule has 7 heterocycles. The van der Waals surface area contributed by atoms with Gasteiger partial charge in [-0.25, -0.2) is 4.98 Å². The molecule has 404 valence electrons. The number of hydrogen-bond acceptors (Lipinski definition) is 17. The molecule has 3 aromatic rings. The monoisotopic (exact) mass is 1010 g/mol. The van der Waals surface area contributed by atoms with Gasteiger partial charge in [0, 0.05) is 94.5 Å². The molecule has 0 bridgehead atoms. The van der Waals surface area contributed by atoms with Crippen LogP contribution in [0, 0.1) is 17.8 Å². The van der Waals surface area contributed by atoms with Crippen LogP contribution in [0.3, 0.4) is 0 Å². The van der Waals surface area contributed by atoms with Gasteiger partial charge in [-0.15, -0.1) is 5.10 Å². The molecule has 4 saturated heterocycles. The molecule has 0 spiro atoms. The molecule has 7 rings (SSSR count). The zero-order chi connectivity index (χ0) is 52.3. The number of aryl methyl sites for hydroxylation is 2. The van der Waals surface area contributed by atoms with Crippen LogP contribution in [0.4, 0.5) is 0 Å². The van der Waals surface area contributed by atoms with E-state index < -0.39 is 96.0 Å². The summed E-state index contributed by atoms with van der Waals surface area (Å²) >= 11 is 0. The van der Waals surface area contributed by atoms with E-state index in [4.69, 9.17) is 33.2 Å². The predicted molar refractivity (Wildman–Crippen MR) is 268 cm³/mol. The van der Waals surface area contributed by atoms with Crippen molar-refractivity contribution in [1.29, 1.82) is 0 Å². The van der Waals surface area contributed by atoms with E-state index >= 15 is 0 Å². The van der Waals surface area contributed by atoms with Gasteiger partial charge in [-0.2, -0.15) is 0 Å². The van der Waals surface area contributed by atoms with Crippen LogP contribution in [0.1, 0.15) is 113 Å². The topological polar surface area (TPSA) is 210 Å². The molecule has 0 radical (unpaired) electrons. The van der Waals surface area contributed by atoms with E-state index in [0.717, 1.165) is 42.9 Å². The number of pyridine rings is 1. The third kappa shape index (κ3) is 12.6. The highest BCUT2D eigenvalue weighted by Crippen LogP contribution is 2.46. The van der Waals surface area contributed by atoms with Gasteiger partial charge < -0.3 is 62.8 Å². The van der Waals surface area contributed by atoms with Gasteiger partial charge in [-0.1, -0.05) is 26.0 Å². The van der Waals surface area contributed by atoms with E-state index in [0.29, 0.717) is 32.4 Å². The third-order valence-electron chi connectivity index (χ3n) is 16.4. The Kier molecular flexibility index (Phi) is 18.4. The van der Waals surface area contributed by atoms with Crippen molar-refractivity contribution in [3.05, 3.63) is 48.9 Å². The lowest BCUT2D eigenvalue weighted by Crippen LogP contribution is -2.68. The van der Waals surface area contributed by atoms with Crippen molar-refractivity contribution in [3.8, 4) is 11.3 Å². The number of aliphatic hydroxyl groups excluding tert-OH is 2. The van der Waals surface area contributed by atoms with Crippen LogP contribution in [0.5, 0.6) is 0 Å². The molecular weight excluding hydrogens is 925 g/mol. The van der Waals surface area contributed by atoms with Crippen molar-refractivity contribution in [1.82, 2.24) is 39.3 Å². The average Bonchev–Trinajstić information content (AvgIpc) is 4.03. The highest BCUT2D eigenvalue weighted by Gasteiger charge is 2.58. The SMILES string of the molecule is CC[C@H]1OC(=O)[C@H](C)[C@@H](O[C@H]2C[C@@](C)(OC)[C@@H](O)[C@H](C)O2)[C@H](C)[C@H]2O[C@@H]3O[C@H](C)C[C@H](N(C)CCc4cn(CCCCn5cnc(-c6cccnc6)c5)nn4)[C@H]3O[C@]2(C)C[C@@H](C)CN(C)[C@H](C)[C@@H](O)[C@]1(C)O. The van der Waals surface area contributed by atoms with Crippen LogP contribution >= 0.6 is 0 Å². The number of carbonyl (C=O) groups excluding carboxylic acids is 1. The van der Waals surface area contributed by atoms with Crippen molar-refractivity contribution >= 4 is 5.97 Å². The number of carbonyl (C=O) groups is 1. The summed E-state index contributed by atoms with van der Waals surface area (Å²) in [7, 11) is 5.61. The molecule has 3 N–H and O–H groups in total. The average molecular weight is 1010 g/mol. The fourth-order valence-electron chi connectivity index (χ4n) is 11.9. The molecule has 4 aliphatic heterocycles. The maximum Gasteiger partial charge on any atom is 0.311 e. The quantitative estimate of drug-likeness (QED) is 0.145. The standard InChI is InChI=1S/C53H86N8O11/c1-14-42-53(10,65)46(62)36(6)59(12)28-32(2)25-52(9)48(34(4)44(35(5)49(64)69-42)70-43-26-51(8,66-13)47(63)37(7)68-43)71-50-45(72-52)41(24-33(3)67-50)58(11)23-19-39-29-61(57-56-39)22-16-15-21-60-30-40(55-31-60)38-18-17-20-54-27-38/h17-18,20,27,29-37,41-48,50,62-63,65H,14-16,19,21-26,28H2,1-13H3/t32-,33-,34+,35-,36-,37+,41+,42-,43+,44+,45-,46-,47+,48-,50+,51-,52-,53-/m1/s1. The Morgan fingerprint density at radius 3 is 2.44 bits per heavy atom. The molecule has 0 aliphatic carbocycles. The minimum atomic E-state index is -1.77. The van der Waals surface area contributed by atoms with Crippen molar-refractivity contribution in [2.24, 2.45) is 17.8 Å². The van der Waals surface area contributed by atoms with Gasteiger partial charge in [0.1, 0.15) is 30.0 Å². The summed E-state index contributed by atoms with van der Waals surface area (Å²) in [6, 6.07) is 3.36. The maximum absolute atomic E-state index is 14.5. The summed E-state index contributed by atoms with van der Waals surface area (Å²) in [6.07, 6.45) is 6.31. The number of unbranched alkanes of at least 4 members (excludes halogenated alkanes) is 1. The largest absolute Gasteiger partial charge is 0.459 e. The Balaban J connectivity index is 1.09. The first-order valence-electron chi connectivity index (χ1n) is 26.4.